The number of rotatable bonds is 4. The Morgan fingerprint density at radius 1 is 1.32 bits per heavy atom. The molecule has 0 spiro atoms. The number of aryl methyl sites for hydroxylation is 1. The maximum Gasteiger partial charge on any atom is 0.237 e. The van der Waals surface area contributed by atoms with Crippen LogP contribution in [0.15, 0.2) is 4.63 Å². The predicted molar refractivity (Wildman–Crippen MR) is 70.4 cm³/mol. The molecule has 0 aromatic carbocycles. The van der Waals surface area contributed by atoms with Gasteiger partial charge in [0.05, 0.1) is 12.6 Å². The van der Waals surface area contributed by atoms with Crippen molar-refractivity contribution in [2.45, 2.75) is 52.1 Å². The van der Waals surface area contributed by atoms with Crippen LogP contribution in [0.1, 0.15) is 44.0 Å². The zero-order chi connectivity index (χ0) is 13.7. The predicted octanol–water partition coefficient (Wildman–Crippen LogP) is 1.26. The third kappa shape index (κ3) is 3.76. The number of amides is 1. The Morgan fingerprint density at radius 3 is 2.58 bits per heavy atom. The van der Waals surface area contributed by atoms with E-state index in [1.807, 2.05) is 13.8 Å². The molecule has 1 aromatic heterocycles. The van der Waals surface area contributed by atoms with E-state index in [1.165, 1.54) is 25.7 Å². The van der Waals surface area contributed by atoms with E-state index in [2.05, 4.69) is 25.2 Å². The number of carbonyl (C=O) groups is 1. The van der Waals surface area contributed by atoms with Gasteiger partial charge in [0.25, 0.3) is 0 Å². The maximum atomic E-state index is 12.1. The van der Waals surface area contributed by atoms with Crippen molar-refractivity contribution < 1.29 is 9.42 Å². The van der Waals surface area contributed by atoms with E-state index >= 15 is 0 Å². The molecular formula is C13H22N4O2. The first-order valence-corrected chi connectivity index (χ1v) is 6.98. The second-order valence-electron chi connectivity index (χ2n) is 5.14. The summed E-state index contributed by atoms with van der Waals surface area (Å²) in [5, 5.41) is 10.4. The average Bonchev–Trinajstić information content (AvgIpc) is 2.68. The minimum Gasteiger partial charge on any atom is -0.349 e. The molecule has 1 atom stereocenters. The van der Waals surface area contributed by atoms with E-state index in [-0.39, 0.29) is 11.9 Å². The SMILES string of the molecule is Cc1nonc1CNC(=O)[C@@H](C)N1CCCCCC1. The van der Waals surface area contributed by atoms with Crippen LogP contribution >= 0.6 is 0 Å². The van der Waals surface area contributed by atoms with Gasteiger partial charge in [-0.3, -0.25) is 9.69 Å². The number of carbonyl (C=O) groups excluding carboxylic acids is 1. The third-order valence-corrected chi connectivity index (χ3v) is 3.74. The molecule has 2 heterocycles. The van der Waals surface area contributed by atoms with Gasteiger partial charge < -0.3 is 5.32 Å². The van der Waals surface area contributed by atoms with Crippen molar-refractivity contribution in [1.29, 1.82) is 0 Å². The van der Waals surface area contributed by atoms with Gasteiger partial charge in [0.2, 0.25) is 5.91 Å². The highest BCUT2D eigenvalue weighted by atomic mass is 16.6. The lowest BCUT2D eigenvalue weighted by molar-refractivity contribution is -0.126. The van der Waals surface area contributed by atoms with Gasteiger partial charge in [-0.2, -0.15) is 0 Å². The fourth-order valence-electron chi connectivity index (χ4n) is 2.38. The summed E-state index contributed by atoms with van der Waals surface area (Å²) in [6.07, 6.45) is 4.91. The molecule has 0 bridgehead atoms. The van der Waals surface area contributed by atoms with Crippen LogP contribution in [-0.4, -0.2) is 40.3 Å². The molecule has 1 aromatic rings. The van der Waals surface area contributed by atoms with Gasteiger partial charge in [-0.25, -0.2) is 4.63 Å². The summed E-state index contributed by atoms with van der Waals surface area (Å²) in [6.45, 7) is 6.19. The fraction of sp³-hybridized carbons (Fsp3) is 0.769. The number of hydrogen-bond donors (Lipinski definition) is 1. The quantitative estimate of drug-likeness (QED) is 0.888. The molecule has 0 unspecified atom stereocenters. The molecule has 6 nitrogen and oxygen atoms in total. The van der Waals surface area contributed by atoms with Crippen molar-refractivity contribution in [1.82, 2.24) is 20.5 Å². The fourth-order valence-corrected chi connectivity index (χ4v) is 2.38. The van der Waals surface area contributed by atoms with Crippen molar-refractivity contribution in [3.8, 4) is 0 Å². The van der Waals surface area contributed by atoms with Gasteiger partial charge in [0, 0.05) is 0 Å². The summed E-state index contributed by atoms with van der Waals surface area (Å²) in [7, 11) is 0. The minimum atomic E-state index is -0.0849. The maximum absolute atomic E-state index is 12.1. The van der Waals surface area contributed by atoms with Crippen LogP contribution in [0.5, 0.6) is 0 Å². The topological polar surface area (TPSA) is 71.3 Å². The molecule has 0 radical (unpaired) electrons. The molecule has 1 amide bonds. The van der Waals surface area contributed by atoms with Gasteiger partial charge in [-0.1, -0.05) is 23.2 Å². The van der Waals surface area contributed by atoms with Crippen LogP contribution in [0, 0.1) is 6.92 Å². The molecule has 1 saturated heterocycles. The first kappa shape index (κ1) is 14.0. The highest BCUT2D eigenvalue weighted by molar-refractivity contribution is 5.81. The van der Waals surface area contributed by atoms with E-state index in [0.717, 1.165) is 18.8 Å². The summed E-state index contributed by atoms with van der Waals surface area (Å²) >= 11 is 0. The number of nitrogens with one attached hydrogen (secondary N) is 1. The molecule has 19 heavy (non-hydrogen) atoms. The van der Waals surface area contributed by atoms with Gasteiger partial charge in [-0.05, 0) is 39.8 Å². The molecule has 0 saturated carbocycles. The normalized spacial score (nSPS) is 18.8. The Bertz CT molecular complexity index is 411. The van der Waals surface area contributed by atoms with E-state index in [9.17, 15) is 4.79 Å². The van der Waals surface area contributed by atoms with E-state index < -0.39 is 0 Å². The van der Waals surface area contributed by atoms with Crippen LogP contribution in [0.25, 0.3) is 0 Å². The lowest BCUT2D eigenvalue weighted by Crippen LogP contribution is -2.45. The Kier molecular flexibility index (Phi) is 4.90. The molecule has 6 heteroatoms. The van der Waals surface area contributed by atoms with Gasteiger partial charge in [0.15, 0.2) is 0 Å². The number of hydrogen-bond acceptors (Lipinski definition) is 5. The third-order valence-electron chi connectivity index (χ3n) is 3.74. The number of likely N-dealkylation sites (tertiary alicyclic amines) is 1. The molecule has 1 aliphatic heterocycles. The highest BCUT2D eigenvalue weighted by Crippen LogP contribution is 2.12. The summed E-state index contributed by atoms with van der Waals surface area (Å²) in [5.74, 6) is 0.0456. The molecule has 2 rings (SSSR count). The van der Waals surface area contributed by atoms with E-state index in [0.29, 0.717) is 12.2 Å². The minimum absolute atomic E-state index is 0.0456. The van der Waals surface area contributed by atoms with Crippen molar-refractivity contribution in [2.75, 3.05) is 13.1 Å². The molecule has 1 aliphatic rings. The van der Waals surface area contributed by atoms with Gasteiger partial charge in [-0.15, -0.1) is 0 Å². The average molecular weight is 266 g/mol. The molecular weight excluding hydrogens is 244 g/mol. The first-order chi connectivity index (χ1) is 9.18. The van der Waals surface area contributed by atoms with Crippen LogP contribution in [0.2, 0.25) is 0 Å². The highest BCUT2D eigenvalue weighted by Gasteiger charge is 2.22. The van der Waals surface area contributed by atoms with Crippen LogP contribution in [0.4, 0.5) is 0 Å². The summed E-state index contributed by atoms with van der Waals surface area (Å²) in [4.78, 5) is 14.4. The van der Waals surface area contributed by atoms with Crippen LogP contribution < -0.4 is 5.32 Å². The Labute approximate surface area is 113 Å². The Hall–Kier alpha value is -1.43. The van der Waals surface area contributed by atoms with Crippen molar-refractivity contribution in [2.24, 2.45) is 0 Å². The molecule has 1 fully saturated rings. The van der Waals surface area contributed by atoms with Gasteiger partial charge in [0.1, 0.15) is 11.4 Å². The zero-order valence-electron chi connectivity index (χ0n) is 11.7. The van der Waals surface area contributed by atoms with Crippen LogP contribution in [-0.2, 0) is 11.3 Å². The standard InChI is InChI=1S/C13H22N4O2/c1-10-12(16-19-15-10)9-14-13(18)11(2)17-7-5-3-4-6-8-17/h11H,3-9H2,1-2H3,(H,14,18)/t11-/m1/s1. The van der Waals surface area contributed by atoms with Crippen LogP contribution in [0.3, 0.4) is 0 Å². The molecule has 1 N–H and O–H groups in total. The first-order valence-electron chi connectivity index (χ1n) is 6.98. The van der Waals surface area contributed by atoms with Gasteiger partial charge >= 0.3 is 0 Å². The monoisotopic (exact) mass is 266 g/mol. The number of nitrogens with zero attached hydrogens (tertiary/aromatic N) is 3. The number of aromatic nitrogens is 2. The Balaban J connectivity index is 1.83. The summed E-state index contributed by atoms with van der Waals surface area (Å²) in [5.41, 5.74) is 1.42. The second-order valence-corrected chi connectivity index (χ2v) is 5.14. The largest absolute Gasteiger partial charge is 0.349 e. The summed E-state index contributed by atoms with van der Waals surface area (Å²) < 4.78 is 4.61. The lowest BCUT2D eigenvalue weighted by Gasteiger charge is -2.26. The van der Waals surface area contributed by atoms with E-state index in [1.54, 1.807) is 0 Å². The van der Waals surface area contributed by atoms with Crippen molar-refractivity contribution in [3.05, 3.63) is 11.4 Å². The summed E-state index contributed by atoms with van der Waals surface area (Å²) in [6, 6.07) is -0.0849. The second kappa shape index (κ2) is 6.65. The smallest absolute Gasteiger partial charge is 0.237 e. The van der Waals surface area contributed by atoms with E-state index in [4.69, 9.17) is 0 Å². The van der Waals surface area contributed by atoms with Crippen molar-refractivity contribution >= 4 is 5.91 Å². The van der Waals surface area contributed by atoms with Crippen molar-refractivity contribution in [3.63, 3.8) is 0 Å². The Morgan fingerprint density at radius 2 is 2.00 bits per heavy atom. The lowest BCUT2D eigenvalue weighted by atomic mass is 10.2. The zero-order valence-corrected chi connectivity index (χ0v) is 11.7. The molecule has 106 valence electrons. The molecule has 0 aliphatic carbocycles.